The van der Waals surface area contributed by atoms with Crippen LogP contribution in [-0.2, 0) is 20.2 Å². The van der Waals surface area contributed by atoms with Crippen LogP contribution in [0.1, 0.15) is 0 Å². The SMILES string of the molecule is Nc1c(N(Nc2ccc(O)c3ccccc23)c2ccc3ccccc3c2)c(S(=O)(=O)O)cc2c(S(=O)(=O)O)cccc12. The summed E-state index contributed by atoms with van der Waals surface area (Å²) >= 11 is 0. The molecule has 0 aliphatic carbocycles. The van der Waals surface area contributed by atoms with E-state index in [-0.39, 0.29) is 27.9 Å². The Morgan fingerprint density at radius 2 is 1.26 bits per heavy atom. The maximum absolute atomic E-state index is 12.9. The van der Waals surface area contributed by atoms with Gasteiger partial charge < -0.3 is 10.8 Å². The molecule has 0 saturated carbocycles. The van der Waals surface area contributed by atoms with Gasteiger partial charge in [-0.1, -0.05) is 66.7 Å². The van der Waals surface area contributed by atoms with Crippen LogP contribution < -0.4 is 16.2 Å². The number of nitrogen functional groups attached to an aromatic ring is 1. The lowest BCUT2D eigenvalue weighted by atomic mass is 10.1. The summed E-state index contributed by atoms with van der Waals surface area (Å²) in [6.45, 7) is 0. The molecule has 42 heavy (non-hydrogen) atoms. The smallest absolute Gasteiger partial charge is 0.296 e. The van der Waals surface area contributed by atoms with Crippen LogP contribution >= 0.6 is 0 Å². The number of rotatable bonds is 6. The Morgan fingerprint density at radius 3 is 1.98 bits per heavy atom. The van der Waals surface area contributed by atoms with Crippen molar-refractivity contribution in [1.82, 2.24) is 0 Å². The third-order valence-electron chi connectivity index (χ3n) is 7.02. The van der Waals surface area contributed by atoms with E-state index in [0.29, 0.717) is 22.1 Å². The summed E-state index contributed by atoms with van der Waals surface area (Å²) in [7, 11) is -9.80. The van der Waals surface area contributed by atoms with Crippen molar-refractivity contribution in [3.8, 4) is 5.75 Å². The molecule has 6 N–H and O–H groups in total. The first-order valence-corrected chi connectivity index (χ1v) is 15.4. The molecule has 12 heteroatoms. The summed E-state index contributed by atoms with van der Waals surface area (Å²) in [5.74, 6) is 0.0370. The lowest BCUT2D eigenvalue weighted by Crippen LogP contribution is -2.27. The van der Waals surface area contributed by atoms with Gasteiger partial charge in [-0.25, -0.2) is 0 Å². The van der Waals surface area contributed by atoms with Crippen LogP contribution in [0.15, 0.2) is 113 Å². The molecule has 0 heterocycles. The number of nitrogens with two attached hydrogens (primary N) is 1. The number of anilines is 4. The fraction of sp³-hybridized carbons (Fsp3) is 0. The van der Waals surface area contributed by atoms with Crippen molar-refractivity contribution in [2.75, 3.05) is 16.2 Å². The molecule has 0 aliphatic heterocycles. The first-order valence-electron chi connectivity index (χ1n) is 12.5. The predicted octanol–water partition coefficient (Wildman–Crippen LogP) is 6.09. The van der Waals surface area contributed by atoms with Gasteiger partial charge in [0.1, 0.15) is 21.2 Å². The van der Waals surface area contributed by atoms with Gasteiger partial charge in [0.2, 0.25) is 0 Å². The minimum atomic E-state index is -5.02. The molecular weight excluding hydrogens is 578 g/mol. The van der Waals surface area contributed by atoms with Gasteiger partial charge in [0.15, 0.2) is 0 Å². The zero-order valence-corrected chi connectivity index (χ0v) is 23.3. The topological polar surface area (TPSA) is 170 Å². The summed E-state index contributed by atoms with van der Waals surface area (Å²) in [4.78, 5) is -1.27. The van der Waals surface area contributed by atoms with Crippen LogP contribution in [0.25, 0.3) is 32.3 Å². The van der Waals surface area contributed by atoms with E-state index in [0.717, 1.165) is 22.9 Å². The standard InChI is InChI=1S/C30H23N3O7S2/c31-29-23-10-5-11-27(41(35,36)37)24(23)17-28(42(38,39)40)30(29)33(20-13-12-18-6-1-2-7-19(18)16-20)32-25-14-15-26(34)22-9-4-3-8-21(22)25/h1-17,32,34H,31H2,(H,35,36,37)(H,38,39,40). The molecule has 6 rings (SSSR count). The van der Waals surface area contributed by atoms with E-state index in [1.54, 1.807) is 42.5 Å². The normalized spacial score (nSPS) is 12.1. The van der Waals surface area contributed by atoms with Gasteiger partial charge in [-0.2, -0.15) is 16.8 Å². The Hall–Kier alpha value is -4.88. The quantitative estimate of drug-likeness (QED) is 0.0651. The zero-order valence-electron chi connectivity index (χ0n) is 21.6. The van der Waals surface area contributed by atoms with E-state index in [4.69, 9.17) is 5.73 Å². The highest BCUT2D eigenvalue weighted by molar-refractivity contribution is 7.86. The van der Waals surface area contributed by atoms with Crippen LogP contribution in [-0.4, -0.2) is 31.0 Å². The molecule has 0 atom stereocenters. The van der Waals surface area contributed by atoms with Gasteiger partial charge in [0, 0.05) is 21.5 Å². The Morgan fingerprint density at radius 1 is 0.619 bits per heavy atom. The molecule has 0 unspecified atom stereocenters. The zero-order chi connectivity index (χ0) is 29.8. The van der Waals surface area contributed by atoms with Crippen LogP contribution in [0.2, 0.25) is 0 Å². The van der Waals surface area contributed by atoms with Crippen molar-refractivity contribution >= 4 is 75.3 Å². The monoisotopic (exact) mass is 601 g/mol. The average Bonchev–Trinajstić information content (AvgIpc) is 2.96. The minimum Gasteiger partial charge on any atom is -0.507 e. The maximum Gasteiger partial charge on any atom is 0.296 e. The minimum absolute atomic E-state index is 0.0370. The van der Waals surface area contributed by atoms with Crippen LogP contribution in [0, 0.1) is 0 Å². The second-order valence-corrected chi connectivity index (χ2v) is 12.4. The van der Waals surface area contributed by atoms with E-state index in [9.17, 15) is 31.0 Å². The van der Waals surface area contributed by atoms with Crippen molar-refractivity contribution in [1.29, 1.82) is 0 Å². The highest BCUT2D eigenvalue weighted by Gasteiger charge is 2.29. The van der Waals surface area contributed by atoms with Crippen molar-refractivity contribution in [3.63, 3.8) is 0 Å². The number of phenols is 1. The molecule has 0 fully saturated rings. The lowest BCUT2D eigenvalue weighted by Gasteiger charge is -2.30. The fourth-order valence-electron chi connectivity index (χ4n) is 5.11. The number of hydrazine groups is 1. The predicted molar refractivity (Wildman–Crippen MR) is 163 cm³/mol. The van der Waals surface area contributed by atoms with Crippen LogP contribution in [0.5, 0.6) is 5.75 Å². The molecule has 0 aromatic heterocycles. The van der Waals surface area contributed by atoms with Gasteiger partial charge >= 0.3 is 0 Å². The highest BCUT2D eigenvalue weighted by atomic mass is 32.2. The van der Waals surface area contributed by atoms with Crippen LogP contribution in [0.4, 0.5) is 22.7 Å². The molecule has 0 radical (unpaired) electrons. The fourth-order valence-corrected chi connectivity index (χ4v) is 6.52. The molecule has 0 saturated heterocycles. The number of hydrogen-bond acceptors (Lipinski definition) is 8. The van der Waals surface area contributed by atoms with E-state index < -0.39 is 30.0 Å². The number of fused-ring (bicyclic) bond motifs is 3. The highest BCUT2D eigenvalue weighted by Crippen LogP contribution is 2.44. The first-order chi connectivity index (χ1) is 19.9. The molecule has 6 aromatic rings. The molecule has 0 spiro atoms. The van der Waals surface area contributed by atoms with E-state index in [2.05, 4.69) is 5.43 Å². The molecule has 10 nitrogen and oxygen atoms in total. The number of benzene rings is 6. The third-order valence-corrected chi connectivity index (χ3v) is 8.80. The Labute approximate surface area is 240 Å². The van der Waals surface area contributed by atoms with E-state index in [1.165, 1.54) is 23.2 Å². The molecule has 6 aromatic carbocycles. The van der Waals surface area contributed by atoms with Gasteiger partial charge in [0.25, 0.3) is 20.2 Å². The number of nitrogens with one attached hydrogen (secondary N) is 1. The molecular formula is C30H23N3O7S2. The van der Waals surface area contributed by atoms with E-state index in [1.807, 2.05) is 30.3 Å². The summed E-state index contributed by atoms with van der Waals surface area (Å²) in [5, 5.41) is 14.6. The summed E-state index contributed by atoms with van der Waals surface area (Å²) in [6, 6.07) is 27.9. The van der Waals surface area contributed by atoms with Crippen molar-refractivity contribution in [3.05, 3.63) is 103 Å². The second kappa shape index (κ2) is 9.89. The Bertz CT molecular complexity index is 2270. The first kappa shape index (κ1) is 27.3. The lowest BCUT2D eigenvalue weighted by molar-refractivity contribution is 0.480. The molecule has 0 amide bonds. The Kier molecular flexibility index (Phi) is 6.43. The largest absolute Gasteiger partial charge is 0.507 e. The molecule has 212 valence electrons. The summed E-state index contributed by atoms with van der Waals surface area (Å²) in [5.41, 5.74) is 10.3. The second-order valence-electron chi connectivity index (χ2n) is 9.59. The molecule has 0 bridgehead atoms. The maximum atomic E-state index is 12.9. The van der Waals surface area contributed by atoms with E-state index >= 15 is 0 Å². The van der Waals surface area contributed by atoms with Gasteiger partial charge in [-0.3, -0.25) is 19.5 Å². The summed E-state index contributed by atoms with van der Waals surface area (Å²) in [6.07, 6.45) is 0. The number of nitrogens with zero attached hydrogens (tertiary/aromatic N) is 1. The van der Waals surface area contributed by atoms with Crippen molar-refractivity contribution in [2.45, 2.75) is 9.79 Å². The molecule has 0 aliphatic rings. The van der Waals surface area contributed by atoms with Gasteiger partial charge in [-0.15, -0.1) is 0 Å². The third kappa shape index (κ3) is 4.72. The number of aromatic hydroxyl groups is 1. The van der Waals surface area contributed by atoms with Crippen molar-refractivity contribution < 1.29 is 31.0 Å². The Balaban J connectivity index is 1.70. The number of phenolic OH excluding ortho intramolecular Hbond substituents is 1. The van der Waals surface area contributed by atoms with Gasteiger partial charge in [-0.05, 0) is 47.2 Å². The van der Waals surface area contributed by atoms with Crippen LogP contribution in [0.3, 0.4) is 0 Å². The summed E-state index contributed by atoms with van der Waals surface area (Å²) < 4.78 is 70.2. The number of hydrogen-bond donors (Lipinski definition) is 5. The van der Waals surface area contributed by atoms with Gasteiger partial charge in [0.05, 0.1) is 17.1 Å². The van der Waals surface area contributed by atoms with Crippen molar-refractivity contribution in [2.24, 2.45) is 0 Å². The average molecular weight is 602 g/mol.